The van der Waals surface area contributed by atoms with Crippen molar-refractivity contribution < 1.29 is 4.79 Å². The first-order valence-electron chi connectivity index (χ1n) is 10.0. The number of carbonyl (C=O) groups is 1. The van der Waals surface area contributed by atoms with Crippen molar-refractivity contribution in [2.45, 2.75) is 57.5 Å². The average Bonchev–Trinajstić information content (AvgIpc) is 3.38. The summed E-state index contributed by atoms with van der Waals surface area (Å²) in [6.07, 6.45) is 8.75. The summed E-state index contributed by atoms with van der Waals surface area (Å²) >= 11 is 0. The third-order valence-electron chi connectivity index (χ3n) is 7.15. The second-order valence-corrected chi connectivity index (χ2v) is 8.52. The second-order valence-electron chi connectivity index (χ2n) is 8.52. The molecule has 6 heteroatoms. The average molecular weight is 343 g/mol. The molecule has 2 saturated heterocycles. The molecule has 2 atom stereocenters. The van der Waals surface area contributed by atoms with Gasteiger partial charge in [0, 0.05) is 43.8 Å². The predicted octanol–water partition coefficient (Wildman–Crippen LogP) is 0.979. The predicted molar refractivity (Wildman–Crippen MR) is 95.1 cm³/mol. The molecule has 4 aliphatic rings. The van der Waals surface area contributed by atoms with E-state index in [4.69, 9.17) is 0 Å². The maximum Gasteiger partial charge on any atom is 0.229 e. The van der Waals surface area contributed by atoms with Gasteiger partial charge in [0.2, 0.25) is 5.91 Å². The Kier molecular flexibility index (Phi) is 3.86. The zero-order valence-corrected chi connectivity index (χ0v) is 14.9. The van der Waals surface area contributed by atoms with Gasteiger partial charge in [-0.2, -0.15) is 5.10 Å². The van der Waals surface area contributed by atoms with E-state index in [0.717, 1.165) is 44.7 Å². The van der Waals surface area contributed by atoms with E-state index in [0.29, 0.717) is 18.5 Å². The minimum atomic E-state index is -0.234. The van der Waals surface area contributed by atoms with Crippen molar-refractivity contribution in [2.24, 2.45) is 11.3 Å². The Labute approximate surface area is 149 Å². The number of nitrogens with one attached hydrogen (secondary N) is 3. The third kappa shape index (κ3) is 2.53. The van der Waals surface area contributed by atoms with Gasteiger partial charge < -0.3 is 10.6 Å². The van der Waals surface area contributed by atoms with Crippen LogP contribution in [0.25, 0.3) is 0 Å². The first-order valence-corrected chi connectivity index (χ1v) is 10.0. The maximum atomic E-state index is 13.2. The Balaban J connectivity index is 1.28. The van der Waals surface area contributed by atoms with Gasteiger partial charge in [-0.1, -0.05) is 12.8 Å². The zero-order chi connectivity index (χ0) is 16.9. The van der Waals surface area contributed by atoms with Crippen LogP contribution in [0.4, 0.5) is 0 Å². The summed E-state index contributed by atoms with van der Waals surface area (Å²) in [6, 6.07) is 0.713. The normalized spacial score (nSPS) is 32.2. The molecular weight excluding hydrogens is 314 g/mol. The number of fused-ring (bicyclic) bond motifs is 2. The van der Waals surface area contributed by atoms with Crippen molar-refractivity contribution in [3.05, 3.63) is 17.0 Å². The van der Waals surface area contributed by atoms with Gasteiger partial charge in [-0.15, -0.1) is 0 Å². The van der Waals surface area contributed by atoms with Gasteiger partial charge in [0.15, 0.2) is 0 Å². The van der Waals surface area contributed by atoms with E-state index < -0.39 is 0 Å². The van der Waals surface area contributed by atoms with E-state index in [1.54, 1.807) is 0 Å². The number of hydrogen-bond donors (Lipinski definition) is 3. The Bertz CT molecular complexity index is 665. The van der Waals surface area contributed by atoms with Gasteiger partial charge in [0.05, 0.1) is 17.7 Å². The Morgan fingerprint density at radius 3 is 3.04 bits per heavy atom. The van der Waals surface area contributed by atoms with Crippen LogP contribution in [0, 0.1) is 11.3 Å². The highest BCUT2D eigenvalue weighted by Gasteiger charge is 2.55. The number of likely N-dealkylation sites (tertiary alicyclic amines) is 1. The fourth-order valence-corrected chi connectivity index (χ4v) is 5.70. The molecule has 1 amide bonds. The number of amides is 1. The smallest absolute Gasteiger partial charge is 0.229 e. The molecule has 0 bridgehead atoms. The molecule has 5 rings (SSSR count). The molecule has 6 nitrogen and oxygen atoms in total. The summed E-state index contributed by atoms with van der Waals surface area (Å²) in [4.78, 5) is 15.8. The number of aromatic amines is 1. The first-order chi connectivity index (χ1) is 12.3. The molecule has 0 spiro atoms. The maximum absolute atomic E-state index is 13.2. The number of aromatic nitrogens is 2. The van der Waals surface area contributed by atoms with Crippen LogP contribution in [0.1, 0.15) is 49.1 Å². The molecule has 0 radical (unpaired) electrons. The molecule has 0 aromatic carbocycles. The molecule has 2 aliphatic heterocycles. The third-order valence-corrected chi connectivity index (χ3v) is 7.15. The standard InChI is InChI=1S/C19H29N5O/c25-18(21-9-17-15-6-3-7-16(15)22-23-17)19-11-20-8-13(19)10-24(12-19)14-4-1-2-5-14/h13-14,20H,1-12H2,(H,21,25)(H,22,23)/t13-,19-/m1/s1. The Hall–Kier alpha value is -1.40. The van der Waals surface area contributed by atoms with E-state index in [2.05, 4.69) is 25.7 Å². The van der Waals surface area contributed by atoms with Crippen LogP contribution in [0.2, 0.25) is 0 Å². The minimum absolute atomic E-state index is 0.234. The van der Waals surface area contributed by atoms with Crippen LogP contribution in [0.5, 0.6) is 0 Å². The van der Waals surface area contributed by atoms with Gasteiger partial charge in [-0.3, -0.25) is 14.8 Å². The van der Waals surface area contributed by atoms with E-state index in [9.17, 15) is 4.79 Å². The monoisotopic (exact) mass is 343 g/mol. The quantitative estimate of drug-likeness (QED) is 0.762. The van der Waals surface area contributed by atoms with Crippen molar-refractivity contribution in [2.75, 3.05) is 26.2 Å². The summed E-state index contributed by atoms with van der Waals surface area (Å²) in [7, 11) is 0. The van der Waals surface area contributed by atoms with Gasteiger partial charge >= 0.3 is 0 Å². The van der Waals surface area contributed by atoms with Crippen LogP contribution in [0.3, 0.4) is 0 Å². The summed E-state index contributed by atoms with van der Waals surface area (Å²) in [6.45, 7) is 4.39. The molecule has 3 N–H and O–H groups in total. The van der Waals surface area contributed by atoms with Gasteiger partial charge in [-0.05, 0) is 37.7 Å². The van der Waals surface area contributed by atoms with Crippen LogP contribution < -0.4 is 10.6 Å². The largest absolute Gasteiger partial charge is 0.350 e. The van der Waals surface area contributed by atoms with Gasteiger partial charge in [0.1, 0.15) is 0 Å². The second kappa shape index (κ2) is 6.09. The summed E-state index contributed by atoms with van der Waals surface area (Å²) < 4.78 is 0. The molecule has 0 unspecified atom stereocenters. The van der Waals surface area contributed by atoms with Crippen molar-refractivity contribution in [1.29, 1.82) is 0 Å². The highest BCUT2D eigenvalue weighted by molar-refractivity contribution is 5.84. The van der Waals surface area contributed by atoms with E-state index in [1.807, 2.05) is 0 Å². The van der Waals surface area contributed by atoms with Crippen LogP contribution >= 0.6 is 0 Å². The first kappa shape index (κ1) is 15.8. The Morgan fingerprint density at radius 1 is 1.28 bits per heavy atom. The number of nitrogens with zero attached hydrogens (tertiary/aromatic N) is 2. The van der Waals surface area contributed by atoms with Crippen molar-refractivity contribution in [3.63, 3.8) is 0 Å². The molecular formula is C19H29N5O. The van der Waals surface area contributed by atoms with Crippen LogP contribution in [-0.4, -0.2) is 53.2 Å². The number of H-pyrrole nitrogens is 1. The molecule has 2 aliphatic carbocycles. The highest BCUT2D eigenvalue weighted by atomic mass is 16.2. The van der Waals surface area contributed by atoms with Gasteiger partial charge in [0.25, 0.3) is 0 Å². The molecule has 1 aromatic heterocycles. The lowest BCUT2D eigenvalue weighted by Crippen LogP contribution is -2.47. The SMILES string of the molecule is O=C(NCc1n[nH]c2c1CCC2)[C@@]12CNC[C@@H]1CN(C1CCCC1)C2. The van der Waals surface area contributed by atoms with Gasteiger partial charge in [-0.25, -0.2) is 0 Å². The number of carbonyl (C=O) groups excluding carboxylic acids is 1. The number of hydrogen-bond acceptors (Lipinski definition) is 4. The fraction of sp³-hybridized carbons (Fsp3) is 0.789. The Morgan fingerprint density at radius 2 is 2.16 bits per heavy atom. The molecule has 1 aromatic rings. The molecule has 3 fully saturated rings. The number of aryl methyl sites for hydroxylation is 1. The summed E-state index contributed by atoms with van der Waals surface area (Å²) in [5.74, 6) is 0.691. The zero-order valence-electron chi connectivity index (χ0n) is 14.9. The van der Waals surface area contributed by atoms with E-state index >= 15 is 0 Å². The molecule has 136 valence electrons. The number of rotatable bonds is 4. The topological polar surface area (TPSA) is 73.0 Å². The van der Waals surface area contributed by atoms with Crippen LogP contribution in [0.15, 0.2) is 0 Å². The molecule has 25 heavy (non-hydrogen) atoms. The van der Waals surface area contributed by atoms with Crippen molar-refractivity contribution in [3.8, 4) is 0 Å². The fourth-order valence-electron chi connectivity index (χ4n) is 5.70. The van der Waals surface area contributed by atoms with Crippen molar-refractivity contribution in [1.82, 2.24) is 25.7 Å². The lowest BCUT2D eigenvalue weighted by atomic mass is 9.80. The molecule has 1 saturated carbocycles. The lowest BCUT2D eigenvalue weighted by Gasteiger charge is -2.29. The summed E-state index contributed by atoms with van der Waals surface area (Å²) in [5.41, 5.74) is 3.43. The van der Waals surface area contributed by atoms with E-state index in [1.165, 1.54) is 43.4 Å². The van der Waals surface area contributed by atoms with E-state index in [-0.39, 0.29) is 11.3 Å². The molecule has 3 heterocycles. The highest BCUT2D eigenvalue weighted by Crippen LogP contribution is 2.42. The minimum Gasteiger partial charge on any atom is -0.350 e. The van der Waals surface area contributed by atoms with Crippen molar-refractivity contribution >= 4 is 5.91 Å². The van der Waals surface area contributed by atoms with Crippen LogP contribution in [-0.2, 0) is 24.2 Å². The summed E-state index contributed by atoms with van der Waals surface area (Å²) in [5, 5.41) is 14.3. The lowest BCUT2D eigenvalue weighted by molar-refractivity contribution is -0.131.